The van der Waals surface area contributed by atoms with Gasteiger partial charge in [-0.2, -0.15) is 0 Å². The number of pyridine rings is 1. The van der Waals surface area contributed by atoms with Crippen LogP contribution in [0.2, 0.25) is 0 Å². The van der Waals surface area contributed by atoms with Gasteiger partial charge in [0.25, 0.3) is 5.91 Å². The molecule has 8 heteroatoms. The molecule has 3 heterocycles. The lowest BCUT2D eigenvalue weighted by molar-refractivity contribution is -0.125. The first-order valence-corrected chi connectivity index (χ1v) is 9.27. The quantitative estimate of drug-likeness (QED) is 0.757. The second kappa shape index (κ2) is 8.77. The molecule has 1 aliphatic heterocycles. The third-order valence-electron chi connectivity index (χ3n) is 4.64. The maximum absolute atomic E-state index is 12.5. The summed E-state index contributed by atoms with van der Waals surface area (Å²) < 4.78 is 5.10. The number of hydrogen-bond donors (Lipinski definition) is 2. The number of aryl methyl sites for hydroxylation is 1. The minimum atomic E-state index is -0.293. The fourth-order valence-electron chi connectivity index (χ4n) is 3.32. The molecule has 3 rings (SSSR count). The highest BCUT2D eigenvalue weighted by Gasteiger charge is 2.37. The number of hydrogen-bond acceptors (Lipinski definition) is 6. The summed E-state index contributed by atoms with van der Waals surface area (Å²) in [5.74, 6) is 0.374. The topological polar surface area (TPSA) is 100 Å². The molecule has 27 heavy (non-hydrogen) atoms. The molecule has 2 aromatic rings. The molecule has 2 amide bonds. The Balaban J connectivity index is 1.67. The summed E-state index contributed by atoms with van der Waals surface area (Å²) in [5.41, 5.74) is 1.30. The molecule has 0 radical (unpaired) electrons. The van der Waals surface area contributed by atoms with Gasteiger partial charge in [0.2, 0.25) is 5.91 Å². The molecule has 8 nitrogen and oxygen atoms in total. The molecule has 1 fully saturated rings. The monoisotopic (exact) mass is 371 g/mol. The fraction of sp³-hybridized carbons (Fsp3) is 0.474. The summed E-state index contributed by atoms with van der Waals surface area (Å²) in [7, 11) is 0. The highest BCUT2D eigenvalue weighted by atomic mass is 16.5. The lowest BCUT2D eigenvalue weighted by Crippen LogP contribution is -2.42. The normalized spacial score (nSPS) is 19.8. The van der Waals surface area contributed by atoms with Crippen molar-refractivity contribution in [1.29, 1.82) is 0 Å². The molecule has 2 aromatic heterocycles. The van der Waals surface area contributed by atoms with E-state index in [2.05, 4.69) is 25.7 Å². The fourth-order valence-corrected chi connectivity index (χ4v) is 3.32. The predicted molar refractivity (Wildman–Crippen MR) is 98.9 cm³/mol. The summed E-state index contributed by atoms with van der Waals surface area (Å²) >= 11 is 0. The number of nitrogens with zero attached hydrogens (tertiary/aromatic N) is 3. The Bertz CT molecular complexity index is 777. The lowest BCUT2D eigenvalue weighted by Gasteiger charge is -2.23. The van der Waals surface area contributed by atoms with Crippen molar-refractivity contribution in [1.82, 2.24) is 25.7 Å². The van der Waals surface area contributed by atoms with Crippen molar-refractivity contribution >= 4 is 11.8 Å². The minimum Gasteiger partial charge on any atom is -0.361 e. The van der Waals surface area contributed by atoms with Gasteiger partial charge in [0.15, 0.2) is 5.69 Å². The standard InChI is InChI=1S/C19H25N5O3/c1-3-15-9-16(23-27-15)18(25)22-14-8-17(19(26)21-4-2)24(12-14)11-13-6-5-7-20-10-13/h5-7,9-10,14,17H,3-4,8,11-12H2,1-2H3,(H,21,26)(H,22,25)/t14-,17-/m0/s1. The molecule has 0 unspecified atom stereocenters. The van der Waals surface area contributed by atoms with Gasteiger partial charge < -0.3 is 15.2 Å². The summed E-state index contributed by atoms with van der Waals surface area (Å²) in [6.07, 6.45) is 4.75. The number of aromatic nitrogens is 2. The molecule has 0 bridgehead atoms. The molecule has 0 aromatic carbocycles. The van der Waals surface area contributed by atoms with Crippen molar-refractivity contribution in [3.05, 3.63) is 47.6 Å². The van der Waals surface area contributed by atoms with Crippen LogP contribution in [-0.2, 0) is 17.8 Å². The SMILES string of the molecule is CCNC(=O)[C@@H]1C[C@H](NC(=O)c2cc(CC)on2)CN1Cc1cccnc1. The lowest BCUT2D eigenvalue weighted by atomic mass is 10.1. The van der Waals surface area contributed by atoms with E-state index in [9.17, 15) is 9.59 Å². The first kappa shape index (κ1) is 19.0. The van der Waals surface area contributed by atoms with Crippen molar-refractivity contribution in [2.45, 2.75) is 45.3 Å². The molecule has 0 spiro atoms. The number of carbonyl (C=O) groups excluding carboxylic acids is 2. The molecule has 144 valence electrons. The maximum atomic E-state index is 12.5. The average molecular weight is 371 g/mol. The van der Waals surface area contributed by atoms with E-state index in [1.165, 1.54) is 0 Å². The summed E-state index contributed by atoms with van der Waals surface area (Å²) in [5, 5.41) is 9.67. The van der Waals surface area contributed by atoms with Crippen molar-refractivity contribution < 1.29 is 14.1 Å². The Morgan fingerprint density at radius 3 is 2.89 bits per heavy atom. The zero-order chi connectivity index (χ0) is 19.2. The molecule has 1 aliphatic rings. The number of rotatable bonds is 7. The third kappa shape index (κ3) is 4.71. The van der Waals surface area contributed by atoms with Crippen LogP contribution in [-0.4, -0.2) is 52.0 Å². The predicted octanol–water partition coefficient (Wildman–Crippen LogP) is 1.14. The molecule has 0 saturated carbocycles. The number of carbonyl (C=O) groups is 2. The molecule has 2 atom stereocenters. The molecule has 2 N–H and O–H groups in total. The van der Waals surface area contributed by atoms with Gasteiger partial charge in [-0.3, -0.25) is 19.5 Å². The Kier molecular flexibility index (Phi) is 6.18. The second-order valence-corrected chi connectivity index (χ2v) is 6.64. The summed E-state index contributed by atoms with van der Waals surface area (Å²) in [6, 6.07) is 5.08. The highest BCUT2D eigenvalue weighted by molar-refractivity contribution is 5.92. The maximum Gasteiger partial charge on any atom is 0.273 e. The van der Waals surface area contributed by atoms with Gasteiger partial charge >= 0.3 is 0 Å². The van der Waals surface area contributed by atoms with Gasteiger partial charge in [-0.05, 0) is 25.0 Å². The first-order valence-electron chi connectivity index (χ1n) is 9.27. The van der Waals surface area contributed by atoms with Gasteiger partial charge in [-0.25, -0.2) is 0 Å². The van der Waals surface area contributed by atoms with Crippen LogP contribution in [0.5, 0.6) is 0 Å². The number of nitrogens with one attached hydrogen (secondary N) is 2. The number of likely N-dealkylation sites (N-methyl/N-ethyl adjacent to an activating group) is 1. The van der Waals surface area contributed by atoms with E-state index >= 15 is 0 Å². The zero-order valence-corrected chi connectivity index (χ0v) is 15.6. The van der Waals surface area contributed by atoms with Crippen LogP contribution in [0.25, 0.3) is 0 Å². The van der Waals surface area contributed by atoms with Gasteiger partial charge in [0.05, 0.1) is 6.04 Å². The van der Waals surface area contributed by atoms with Gasteiger partial charge in [0, 0.05) is 50.6 Å². The Labute approximate surface area is 158 Å². The van der Waals surface area contributed by atoms with Crippen LogP contribution in [0.1, 0.15) is 42.1 Å². The van der Waals surface area contributed by atoms with Gasteiger partial charge in [-0.15, -0.1) is 0 Å². The molecule has 0 aliphatic carbocycles. The van der Waals surface area contributed by atoms with Gasteiger partial charge in [0.1, 0.15) is 5.76 Å². The van der Waals surface area contributed by atoms with Crippen molar-refractivity contribution in [3.8, 4) is 0 Å². The number of likely N-dealkylation sites (tertiary alicyclic amines) is 1. The van der Waals surface area contributed by atoms with E-state index in [1.807, 2.05) is 26.0 Å². The van der Waals surface area contributed by atoms with Crippen LogP contribution in [0, 0.1) is 0 Å². The largest absolute Gasteiger partial charge is 0.361 e. The Hall–Kier alpha value is -2.74. The van der Waals surface area contributed by atoms with E-state index in [4.69, 9.17) is 4.52 Å². The smallest absolute Gasteiger partial charge is 0.273 e. The molecule has 1 saturated heterocycles. The van der Waals surface area contributed by atoms with Crippen LogP contribution < -0.4 is 10.6 Å². The number of amides is 2. The van der Waals surface area contributed by atoms with E-state index in [0.29, 0.717) is 38.2 Å². The Morgan fingerprint density at radius 1 is 1.37 bits per heavy atom. The van der Waals surface area contributed by atoms with Crippen molar-refractivity contribution in [2.75, 3.05) is 13.1 Å². The summed E-state index contributed by atoms with van der Waals surface area (Å²) in [4.78, 5) is 31.1. The Morgan fingerprint density at radius 2 is 2.22 bits per heavy atom. The van der Waals surface area contributed by atoms with E-state index in [-0.39, 0.29) is 29.6 Å². The third-order valence-corrected chi connectivity index (χ3v) is 4.64. The minimum absolute atomic E-state index is 0.0205. The molecular weight excluding hydrogens is 346 g/mol. The first-order chi connectivity index (χ1) is 13.1. The van der Waals surface area contributed by atoms with E-state index < -0.39 is 0 Å². The van der Waals surface area contributed by atoms with Crippen molar-refractivity contribution in [3.63, 3.8) is 0 Å². The second-order valence-electron chi connectivity index (χ2n) is 6.64. The summed E-state index contributed by atoms with van der Waals surface area (Å²) in [6.45, 7) is 5.60. The highest BCUT2D eigenvalue weighted by Crippen LogP contribution is 2.21. The van der Waals surface area contributed by atoms with Crippen LogP contribution >= 0.6 is 0 Å². The average Bonchev–Trinajstić information content (AvgIpc) is 3.30. The van der Waals surface area contributed by atoms with Crippen LogP contribution in [0.15, 0.2) is 35.1 Å². The van der Waals surface area contributed by atoms with E-state index in [1.54, 1.807) is 18.5 Å². The molecular formula is C19H25N5O3. The zero-order valence-electron chi connectivity index (χ0n) is 15.6. The van der Waals surface area contributed by atoms with Crippen molar-refractivity contribution in [2.24, 2.45) is 0 Å². The van der Waals surface area contributed by atoms with E-state index in [0.717, 1.165) is 5.56 Å². The van der Waals surface area contributed by atoms with Gasteiger partial charge in [-0.1, -0.05) is 18.1 Å². The van der Waals surface area contributed by atoms with Crippen LogP contribution in [0.4, 0.5) is 0 Å². The van der Waals surface area contributed by atoms with Crippen LogP contribution in [0.3, 0.4) is 0 Å².